The predicted octanol–water partition coefficient (Wildman–Crippen LogP) is 4.08. The third-order valence-electron chi connectivity index (χ3n) is 3.91. The van der Waals surface area contributed by atoms with Crippen LogP contribution in [0.3, 0.4) is 0 Å². The number of carbonyl (C=O) groups excluding carboxylic acids is 1. The zero-order chi connectivity index (χ0) is 20.5. The van der Waals surface area contributed by atoms with Gasteiger partial charge < -0.3 is 20.6 Å². The number of aromatic nitrogens is 3. The average Bonchev–Trinajstić information content (AvgIpc) is 3.27. The van der Waals surface area contributed by atoms with Gasteiger partial charge in [0.15, 0.2) is 17.3 Å². The van der Waals surface area contributed by atoms with Crippen molar-refractivity contribution < 1.29 is 14.3 Å². The smallest absolute Gasteiger partial charge is 0.234 e. The summed E-state index contributed by atoms with van der Waals surface area (Å²) in [6.45, 7) is 0.116. The number of hydrogen-bond donors (Lipinski definition) is 2. The van der Waals surface area contributed by atoms with Crippen LogP contribution in [0.1, 0.15) is 0 Å². The van der Waals surface area contributed by atoms with E-state index in [-0.39, 0.29) is 18.5 Å². The van der Waals surface area contributed by atoms with Gasteiger partial charge in [0.1, 0.15) is 0 Å². The molecule has 2 heterocycles. The normalized spacial score (nSPS) is 12.2. The van der Waals surface area contributed by atoms with Gasteiger partial charge in [0, 0.05) is 22.7 Å². The number of nitrogens with zero attached hydrogens (tertiary/aromatic N) is 3. The van der Waals surface area contributed by atoms with Crippen molar-refractivity contribution in [3.8, 4) is 22.9 Å². The lowest BCUT2D eigenvalue weighted by atomic mass is 10.2. The van der Waals surface area contributed by atoms with Crippen molar-refractivity contribution in [2.45, 2.75) is 5.16 Å². The Balaban J connectivity index is 1.43. The molecule has 3 N–H and O–H groups in total. The molecule has 1 aliphatic rings. The molecule has 0 fully saturated rings. The Bertz CT molecular complexity index is 1110. The van der Waals surface area contributed by atoms with Gasteiger partial charge in [-0.05, 0) is 18.2 Å². The molecule has 2 aromatic carbocycles. The maximum Gasteiger partial charge on any atom is 0.234 e. The van der Waals surface area contributed by atoms with Crippen molar-refractivity contribution in [1.82, 2.24) is 14.9 Å². The van der Waals surface area contributed by atoms with E-state index in [0.717, 1.165) is 11.8 Å². The second kappa shape index (κ2) is 8.19. The van der Waals surface area contributed by atoms with Gasteiger partial charge in [-0.1, -0.05) is 46.6 Å². The van der Waals surface area contributed by atoms with Gasteiger partial charge >= 0.3 is 0 Å². The molecule has 8 nitrogen and oxygen atoms in total. The van der Waals surface area contributed by atoms with E-state index in [1.54, 1.807) is 30.3 Å². The van der Waals surface area contributed by atoms with Gasteiger partial charge in [0.2, 0.25) is 17.9 Å². The summed E-state index contributed by atoms with van der Waals surface area (Å²) < 4.78 is 11.8. The van der Waals surface area contributed by atoms with Crippen molar-refractivity contribution in [1.29, 1.82) is 0 Å². The summed E-state index contributed by atoms with van der Waals surface area (Å²) in [5, 5.41) is 12.4. The summed E-state index contributed by atoms with van der Waals surface area (Å²) >= 11 is 19.4. The Kier molecular flexibility index (Phi) is 5.64. The Hall–Kier alpha value is -2.33. The van der Waals surface area contributed by atoms with Crippen LogP contribution in [0, 0.1) is 0 Å². The first-order valence-corrected chi connectivity index (χ1v) is 10.2. The Morgan fingerprint density at radius 3 is 2.66 bits per heavy atom. The Labute approximate surface area is 184 Å². The van der Waals surface area contributed by atoms with Gasteiger partial charge in [-0.25, -0.2) is 4.68 Å². The molecular formula is C17H12Cl3N5O3S. The van der Waals surface area contributed by atoms with Crippen LogP contribution in [-0.4, -0.2) is 33.3 Å². The molecule has 0 saturated carbocycles. The lowest BCUT2D eigenvalue weighted by molar-refractivity contribution is -0.113. The van der Waals surface area contributed by atoms with E-state index in [1.807, 2.05) is 0 Å². The number of rotatable bonds is 5. The lowest BCUT2D eigenvalue weighted by Crippen LogP contribution is -2.16. The van der Waals surface area contributed by atoms with Gasteiger partial charge in [-0.2, -0.15) is 0 Å². The predicted molar refractivity (Wildman–Crippen MR) is 113 cm³/mol. The molecule has 150 valence electrons. The number of ether oxygens (including phenoxy) is 2. The molecule has 29 heavy (non-hydrogen) atoms. The summed E-state index contributed by atoms with van der Waals surface area (Å²) in [6.07, 6.45) is 0. The SMILES string of the molecule is Nn1c(SCC(=O)Nc2cc3c(cc2Cl)OCO3)nnc1-c1ccc(Cl)cc1Cl. The highest BCUT2D eigenvalue weighted by Gasteiger charge is 2.19. The van der Waals surface area contributed by atoms with Crippen LogP contribution in [0.5, 0.6) is 11.5 Å². The van der Waals surface area contributed by atoms with Gasteiger partial charge in [-0.15, -0.1) is 10.2 Å². The third kappa shape index (κ3) is 4.18. The van der Waals surface area contributed by atoms with E-state index < -0.39 is 0 Å². The number of thioether (sulfide) groups is 1. The quantitative estimate of drug-likeness (QED) is 0.426. The molecule has 4 rings (SSSR count). The molecule has 0 saturated heterocycles. The fourth-order valence-corrected chi connectivity index (χ4v) is 3.91. The second-order valence-corrected chi connectivity index (χ2v) is 8.02. The van der Waals surface area contributed by atoms with E-state index in [0.29, 0.717) is 48.8 Å². The van der Waals surface area contributed by atoms with Crippen molar-refractivity contribution in [3.05, 3.63) is 45.4 Å². The van der Waals surface area contributed by atoms with E-state index in [4.69, 9.17) is 50.1 Å². The minimum atomic E-state index is -0.301. The molecule has 1 aromatic heterocycles. The number of carbonyl (C=O) groups is 1. The van der Waals surface area contributed by atoms with Gasteiger partial charge in [0.05, 0.1) is 21.5 Å². The van der Waals surface area contributed by atoms with Crippen LogP contribution >= 0.6 is 46.6 Å². The number of amides is 1. The molecule has 1 amide bonds. The van der Waals surface area contributed by atoms with Crippen molar-refractivity contribution in [2.75, 3.05) is 23.7 Å². The molecule has 12 heteroatoms. The number of benzene rings is 2. The number of nitrogens with two attached hydrogens (primary N) is 1. The number of halogens is 3. The summed E-state index contributed by atoms with van der Waals surface area (Å²) in [4.78, 5) is 12.3. The van der Waals surface area contributed by atoms with Crippen molar-refractivity contribution >= 4 is 58.2 Å². The van der Waals surface area contributed by atoms with Crippen LogP contribution < -0.4 is 20.6 Å². The molecule has 3 aromatic rings. The average molecular weight is 473 g/mol. The number of nitrogens with one attached hydrogen (secondary N) is 1. The van der Waals surface area contributed by atoms with Crippen LogP contribution in [0.2, 0.25) is 15.1 Å². The van der Waals surface area contributed by atoms with Gasteiger partial charge in [-0.3, -0.25) is 4.79 Å². The molecule has 0 atom stereocenters. The zero-order valence-corrected chi connectivity index (χ0v) is 17.6. The molecule has 0 aliphatic carbocycles. The highest BCUT2D eigenvalue weighted by molar-refractivity contribution is 7.99. The largest absolute Gasteiger partial charge is 0.454 e. The number of anilines is 1. The minimum absolute atomic E-state index is 0.0362. The molecule has 0 unspecified atom stereocenters. The van der Waals surface area contributed by atoms with Crippen LogP contribution in [0.25, 0.3) is 11.4 Å². The first-order chi connectivity index (χ1) is 13.9. The lowest BCUT2D eigenvalue weighted by Gasteiger charge is -2.08. The van der Waals surface area contributed by atoms with Crippen molar-refractivity contribution in [3.63, 3.8) is 0 Å². The molecular weight excluding hydrogens is 461 g/mol. The van der Waals surface area contributed by atoms with E-state index in [2.05, 4.69) is 15.5 Å². The second-order valence-electron chi connectivity index (χ2n) is 5.82. The monoisotopic (exact) mass is 471 g/mol. The summed E-state index contributed by atoms with van der Waals surface area (Å²) in [7, 11) is 0. The first kappa shape index (κ1) is 20.0. The Morgan fingerprint density at radius 2 is 1.90 bits per heavy atom. The van der Waals surface area contributed by atoms with Gasteiger partial charge in [0.25, 0.3) is 0 Å². The number of hydrogen-bond acceptors (Lipinski definition) is 7. The molecule has 0 spiro atoms. The van der Waals surface area contributed by atoms with Crippen LogP contribution in [0.4, 0.5) is 5.69 Å². The number of fused-ring (bicyclic) bond motifs is 1. The van der Waals surface area contributed by atoms with Crippen molar-refractivity contribution in [2.24, 2.45) is 0 Å². The van der Waals surface area contributed by atoms with E-state index >= 15 is 0 Å². The van der Waals surface area contributed by atoms with E-state index in [1.165, 1.54) is 4.68 Å². The van der Waals surface area contributed by atoms with Crippen LogP contribution in [0.15, 0.2) is 35.5 Å². The topological polar surface area (TPSA) is 104 Å². The molecule has 1 aliphatic heterocycles. The standard InChI is InChI=1S/C17H12Cl3N5O3S/c18-8-1-2-9(10(19)3-8)16-23-24-17(25(16)21)29-6-15(26)22-12-5-14-13(4-11(12)20)27-7-28-14/h1-5H,6-7,21H2,(H,22,26). The first-order valence-electron chi connectivity index (χ1n) is 8.10. The number of nitrogen functional groups attached to an aromatic ring is 1. The highest BCUT2D eigenvalue weighted by Crippen LogP contribution is 2.39. The minimum Gasteiger partial charge on any atom is -0.454 e. The fourth-order valence-electron chi connectivity index (χ4n) is 2.56. The zero-order valence-electron chi connectivity index (χ0n) is 14.5. The maximum absolute atomic E-state index is 12.3. The summed E-state index contributed by atoms with van der Waals surface area (Å²) in [5.41, 5.74) is 0.999. The fraction of sp³-hybridized carbons (Fsp3) is 0.118. The Morgan fingerprint density at radius 1 is 1.14 bits per heavy atom. The molecule has 0 bridgehead atoms. The van der Waals surface area contributed by atoms with Crippen LogP contribution in [-0.2, 0) is 4.79 Å². The summed E-state index contributed by atoms with van der Waals surface area (Å²) in [5.74, 6) is 7.20. The maximum atomic E-state index is 12.3. The third-order valence-corrected chi connectivity index (χ3v) is 5.71. The summed E-state index contributed by atoms with van der Waals surface area (Å²) in [6, 6.07) is 8.15. The van der Waals surface area contributed by atoms with E-state index in [9.17, 15) is 4.79 Å². The highest BCUT2D eigenvalue weighted by atomic mass is 35.5. The molecule has 0 radical (unpaired) electrons.